The largest absolute Gasteiger partial charge is 0.396 e. The molecule has 0 amide bonds. The summed E-state index contributed by atoms with van der Waals surface area (Å²) in [5, 5.41) is 0. The van der Waals surface area contributed by atoms with E-state index < -0.39 is 21.4 Å². The second-order valence-electron chi connectivity index (χ2n) is 6.04. The van der Waals surface area contributed by atoms with Crippen LogP contribution in [0, 0.1) is 19.7 Å². The van der Waals surface area contributed by atoms with E-state index in [-0.39, 0.29) is 10.6 Å². The zero-order valence-corrected chi connectivity index (χ0v) is 13.1. The van der Waals surface area contributed by atoms with Crippen LogP contribution in [-0.4, -0.2) is 24.8 Å². The second kappa shape index (κ2) is 4.70. The van der Waals surface area contributed by atoms with E-state index in [9.17, 15) is 12.8 Å². The van der Waals surface area contributed by atoms with Gasteiger partial charge >= 0.3 is 0 Å². The van der Waals surface area contributed by atoms with Gasteiger partial charge in [-0.25, -0.2) is 12.8 Å². The number of nitrogen functional groups attached to an aromatic ring is 1. The molecule has 1 fully saturated rings. The first-order valence-corrected chi connectivity index (χ1v) is 8.11. The summed E-state index contributed by atoms with van der Waals surface area (Å²) in [6, 6.07) is 1.19. The number of nitrogens with two attached hydrogens (primary N) is 1. The fraction of sp³-hybridized carbons (Fsp3) is 0.571. The first-order valence-electron chi connectivity index (χ1n) is 6.67. The molecule has 0 spiro atoms. The first kappa shape index (κ1) is 15.3. The van der Waals surface area contributed by atoms with Crippen molar-refractivity contribution in [3.05, 3.63) is 23.0 Å². The highest BCUT2D eigenvalue weighted by molar-refractivity contribution is 7.89. The van der Waals surface area contributed by atoms with Gasteiger partial charge < -0.3 is 5.73 Å². The topological polar surface area (TPSA) is 63.4 Å². The Bertz CT molecular complexity index is 654. The lowest BCUT2D eigenvalue weighted by Crippen LogP contribution is -2.43. The standard InChI is InChI=1S/C14H21FN2O2S/c1-9-8-11(15)12(16)10(2)13(9)20(18,19)17-7-5-6-14(17,3)4/h8H,5-7,16H2,1-4H3. The third-order valence-corrected chi connectivity index (χ3v) is 6.48. The molecule has 1 aliphatic rings. The molecule has 0 aromatic heterocycles. The maximum atomic E-state index is 13.6. The summed E-state index contributed by atoms with van der Waals surface area (Å²) in [4.78, 5) is 0.145. The van der Waals surface area contributed by atoms with Crippen molar-refractivity contribution in [2.24, 2.45) is 0 Å². The van der Waals surface area contributed by atoms with Gasteiger partial charge in [-0.3, -0.25) is 0 Å². The van der Waals surface area contributed by atoms with Gasteiger partial charge in [-0.1, -0.05) is 0 Å². The average molecular weight is 300 g/mol. The summed E-state index contributed by atoms with van der Waals surface area (Å²) in [6.45, 7) is 7.47. The van der Waals surface area contributed by atoms with E-state index in [4.69, 9.17) is 5.73 Å². The van der Waals surface area contributed by atoms with E-state index >= 15 is 0 Å². The number of rotatable bonds is 2. The zero-order valence-electron chi connectivity index (χ0n) is 12.3. The molecule has 0 bridgehead atoms. The van der Waals surface area contributed by atoms with Gasteiger partial charge in [-0.05, 0) is 57.7 Å². The monoisotopic (exact) mass is 300 g/mol. The quantitative estimate of drug-likeness (QED) is 0.854. The average Bonchev–Trinajstić information content (AvgIpc) is 2.66. The molecular weight excluding hydrogens is 279 g/mol. The molecule has 1 heterocycles. The summed E-state index contributed by atoms with van der Waals surface area (Å²) in [6.07, 6.45) is 1.65. The minimum Gasteiger partial charge on any atom is -0.396 e. The SMILES string of the molecule is Cc1cc(F)c(N)c(C)c1S(=O)(=O)N1CCCC1(C)C. The van der Waals surface area contributed by atoms with Crippen LogP contribution in [-0.2, 0) is 10.0 Å². The molecule has 0 radical (unpaired) electrons. The Balaban J connectivity index is 2.65. The number of aryl methyl sites for hydroxylation is 1. The number of sulfonamides is 1. The molecule has 112 valence electrons. The van der Waals surface area contributed by atoms with Crippen LogP contribution in [0.4, 0.5) is 10.1 Å². The van der Waals surface area contributed by atoms with Gasteiger partial charge in [0.15, 0.2) is 0 Å². The van der Waals surface area contributed by atoms with E-state index in [0.29, 0.717) is 17.7 Å². The third kappa shape index (κ3) is 2.20. The van der Waals surface area contributed by atoms with Crippen LogP contribution in [0.3, 0.4) is 0 Å². The fourth-order valence-electron chi connectivity index (χ4n) is 2.97. The van der Waals surface area contributed by atoms with Crippen LogP contribution >= 0.6 is 0 Å². The molecule has 0 aliphatic carbocycles. The normalized spacial score (nSPS) is 19.4. The molecule has 4 nitrogen and oxygen atoms in total. The molecule has 1 aromatic rings. The Morgan fingerprint density at radius 1 is 1.35 bits per heavy atom. The van der Waals surface area contributed by atoms with Crippen LogP contribution in [0.2, 0.25) is 0 Å². The van der Waals surface area contributed by atoms with Gasteiger partial charge in [0.2, 0.25) is 10.0 Å². The molecule has 1 saturated heterocycles. The summed E-state index contributed by atoms with van der Waals surface area (Å²) in [7, 11) is -3.66. The van der Waals surface area contributed by atoms with Gasteiger partial charge in [0.25, 0.3) is 0 Å². The maximum absolute atomic E-state index is 13.6. The van der Waals surface area contributed by atoms with Crippen LogP contribution in [0.5, 0.6) is 0 Å². The Morgan fingerprint density at radius 2 is 1.95 bits per heavy atom. The van der Waals surface area contributed by atoms with Crippen LogP contribution in [0.25, 0.3) is 0 Å². The number of anilines is 1. The van der Waals surface area contributed by atoms with Crippen molar-refractivity contribution in [3.8, 4) is 0 Å². The molecule has 1 aliphatic heterocycles. The van der Waals surface area contributed by atoms with E-state index in [1.54, 1.807) is 13.8 Å². The van der Waals surface area contributed by atoms with E-state index in [2.05, 4.69) is 0 Å². The van der Waals surface area contributed by atoms with Crippen molar-refractivity contribution in [2.45, 2.75) is 51.0 Å². The smallest absolute Gasteiger partial charge is 0.244 e. The maximum Gasteiger partial charge on any atom is 0.244 e. The first-order chi connectivity index (χ1) is 9.09. The van der Waals surface area contributed by atoms with Gasteiger partial charge in [-0.2, -0.15) is 4.31 Å². The predicted octanol–water partition coefficient (Wildman–Crippen LogP) is 2.59. The lowest BCUT2D eigenvalue weighted by molar-refractivity contribution is 0.291. The Hall–Kier alpha value is -1.14. The predicted molar refractivity (Wildman–Crippen MR) is 77.5 cm³/mol. The Morgan fingerprint density at radius 3 is 2.45 bits per heavy atom. The molecule has 20 heavy (non-hydrogen) atoms. The van der Waals surface area contributed by atoms with E-state index in [1.807, 2.05) is 13.8 Å². The molecular formula is C14H21FN2O2S. The molecule has 0 atom stereocenters. The number of nitrogens with zero attached hydrogens (tertiary/aromatic N) is 1. The zero-order chi connectivity index (χ0) is 15.3. The highest BCUT2D eigenvalue weighted by atomic mass is 32.2. The summed E-state index contributed by atoms with van der Waals surface area (Å²) in [5.41, 5.74) is 5.85. The highest BCUT2D eigenvalue weighted by Crippen LogP contribution is 2.37. The van der Waals surface area contributed by atoms with Crippen molar-refractivity contribution >= 4 is 15.7 Å². The fourth-order valence-corrected chi connectivity index (χ4v) is 5.26. The lowest BCUT2D eigenvalue weighted by atomic mass is 10.0. The van der Waals surface area contributed by atoms with Crippen molar-refractivity contribution in [2.75, 3.05) is 12.3 Å². The third-order valence-electron chi connectivity index (χ3n) is 4.08. The van der Waals surface area contributed by atoms with Crippen LogP contribution < -0.4 is 5.73 Å². The van der Waals surface area contributed by atoms with Gasteiger partial charge in [0, 0.05) is 12.1 Å². The number of halogens is 1. The minimum atomic E-state index is -3.66. The number of benzene rings is 1. The molecule has 0 unspecified atom stereocenters. The van der Waals surface area contributed by atoms with Gasteiger partial charge in [0.1, 0.15) is 5.82 Å². The summed E-state index contributed by atoms with van der Waals surface area (Å²) >= 11 is 0. The van der Waals surface area contributed by atoms with Crippen molar-refractivity contribution in [3.63, 3.8) is 0 Å². The van der Waals surface area contributed by atoms with Crippen molar-refractivity contribution in [1.29, 1.82) is 0 Å². The number of hydrogen-bond donors (Lipinski definition) is 1. The Kier molecular flexibility index (Phi) is 3.59. The van der Waals surface area contributed by atoms with Crippen LogP contribution in [0.1, 0.15) is 37.8 Å². The van der Waals surface area contributed by atoms with Gasteiger partial charge in [-0.15, -0.1) is 0 Å². The summed E-state index contributed by atoms with van der Waals surface area (Å²) in [5.74, 6) is -0.570. The molecule has 0 saturated carbocycles. The van der Waals surface area contributed by atoms with Crippen molar-refractivity contribution < 1.29 is 12.8 Å². The van der Waals surface area contributed by atoms with Crippen molar-refractivity contribution in [1.82, 2.24) is 4.31 Å². The van der Waals surface area contributed by atoms with Crippen LogP contribution in [0.15, 0.2) is 11.0 Å². The molecule has 2 N–H and O–H groups in total. The minimum absolute atomic E-state index is 0.0915. The summed E-state index contributed by atoms with van der Waals surface area (Å²) < 4.78 is 40.9. The lowest BCUT2D eigenvalue weighted by Gasteiger charge is -2.31. The second-order valence-corrected chi connectivity index (χ2v) is 7.84. The number of hydrogen-bond acceptors (Lipinski definition) is 3. The molecule has 2 rings (SSSR count). The van der Waals surface area contributed by atoms with Gasteiger partial charge in [0.05, 0.1) is 10.6 Å². The van der Waals surface area contributed by atoms with E-state index in [0.717, 1.165) is 12.8 Å². The van der Waals surface area contributed by atoms with E-state index in [1.165, 1.54) is 10.4 Å². The Labute approximate surface area is 119 Å². The highest BCUT2D eigenvalue weighted by Gasteiger charge is 2.42. The molecule has 1 aromatic carbocycles. The molecule has 6 heteroatoms.